The minimum Gasteiger partial charge on any atom is -0.497 e. The molecule has 0 spiro atoms. The number of hydrogen-bond donors (Lipinski definition) is 2. The van der Waals surface area contributed by atoms with Gasteiger partial charge in [-0.1, -0.05) is 42.5 Å². The fourth-order valence-electron chi connectivity index (χ4n) is 2.21. The molecule has 0 aliphatic carbocycles. The highest BCUT2D eigenvalue weighted by atomic mass is 16.5. The Labute approximate surface area is 142 Å². The van der Waals surface area contributed by atoms with Crippen LogP contribution in [0.2, 0.25) is 0 Å². The maximum absolute atomic E-state index is 11.8. The summed E-state index contributed by atoms with van der Waals surface area (Å²) in [6, 6.07) is 17.3. The van der Waals surface area contributed by atoms with Crippen LogP contribution in [0.15, 0.2) is 54.6 Å². The molecule has 0 aliphatic rings. The van der Waals surface area contributed by atoms with Gasteiger partial charge in [0.15, 0.2) is 0 Å². The van der Waals surface area contributed by atoms with Crippen LogP contribution in [0, 0.1) is 0 Å². The number of hydrogen-bond acceptors (Lipinski definition) is 3. The maximum atomic E-state index is 11.8. The average Bonchev–Trinajstić information content (AvgIpc) is 2.61. The number of nitrogens with one attached hydrogen (secondary N) is 2. The molecule has 5 nitrogen and oxygen atoms in total. The third-order valence-electron chi connectivity index (χ3n) is 3.55. The summed E-state index contributed by atoms with van der Waals surface area (Å²) in [4.78, 5) is 23.5. The van der Waals surface area contributed by atoms with E-state index in [4.69, 9.17) is 4.74 Å². The van der Waals surface area contributed by atoms with E-state index < -0.39 is 0 Å². The van der Waals surface area contributed by atoms with E-state index >= 15 is 0 Å². The molecule has 0 bridgehead atoms. The number of ether oxygens (including phenoxy) is 1. The molecule has 0 fully saturated rings. The van der Waals surface area contributed by atoms with Gasteiger partial charge in [-0.3, -0.25) is 9.59 Å². The van der Waals surface area contributed by atoms with Crippen LogP contribution in [-0.4, -0.2) is 25.5 Å². The van der Waals surface area contributed by atoms with E-state index in [1.165, 1.54) is 0 Å². The van der Waals surface area contributed by atoms with E-state index in [1.54, 1.807) is 7.11 Å². The number of amides is 2. The quantitative estimate of drug-likeness (QED) is 0.730. The van der Waals surface area contributed by atoms with E-state index in [9.17, 15) is 9.59 Å². The van der Waals surface area contributed by atoms with Gasteiger partial charge in [0.05, 0.1) is 7.11 Å². The molecule has 2 aromatic carbocycles. The van der Waals surface area contributed by atoms with Gasteiger partial charge in [-0.15, -0.1) is 0 Å². The molecule has 126 valence electrons. The molecule has 5 heteroatoms. The maximum Gasteiger partial charge on any atom is 0.229 e. The largest absolute Gasteiger partial charge is 0.497 e. The fourth-order valence-corrected chi connectivity index (χ4v) is 2.21. The first-order valence-electron chi connectivity index (χ1n) is 7.87. The molecule has 2 rings (SSSR count). The summed E-state index contributed by atoms with van der Waals surface area (Å²) in [6.45, 7) is 0.911. The Kier molecular flexibility index (Phi) is 6.83. The summed E-state index contributed by atoms with van der Waals surface area (Å²) >= 11 is 0. The normalized spacial score (nSPS) is 10.0. The van der Waals surface area contributed by atoms with Crippen molar-refractivity contribution in [1.82, 2.24) is 10.6 Å². The molecule has 0 unspecified atom stereocenters. The number of benzene rings is 2. The van der Waals surface area contributed by atoms with Crippen LogP contribution in [0.4, 0.5) is 0 Å². The first-order chi connectivity index (χ1) is 11.7. The Hall–Kier alpha value is -2.82. The van der Waals surface area contributed by atoms with Crippen molar-refractivity contribution in [2.75, 3.05) is 13.7 Å². The lowest BCUT2D eigenvalue weighted by molar-refractivity contribution is -0.129. The molecule has 0 atom stereocenters. The smallest absolute Gasteiger partial charge is 0.229 e. The van der Waals surface area contributed by atoms with Crippen molar-refractivity contribution in [2.45, 2.75) is 19.4 Å². The van der Waals surface area contributed by atoms with Crippen LogP contribution in [0.5, 0.6) is 5.75 Å². The van der Waals surface area contributed by atoms with Gasteiger partial charge in [0.25, 0.3) is 0 Å². The molecule has 2 amide bonds. The zero-order valence-electron chi connectivity index (χ0n) is 13.7. The van der Waals surface area contributed by atoms with Gasteiger partial charge in [-0.2, -0.15) is 0 Å². The zero-order valence-corrected chi connectivity index (χ0v) is 13.7. The van der Waals surface area contributed by atoms with Crippen molar-refractivity contribution in [3.63, 3.8) is 0 Å². The summed E-state index contributed by atoms with van der Waals surface area (Å²) in [7, 11) is 1.60. The molecular weight excluding hydrogens is 304 g/mol. The molecule has 0 saturated carbocycles. The number of carbonyl (C=O) groups is 2. The van der Waals surface area contributed by atoms with Gasteiger partial charge in [0.2, 0.25) is 11.8 Å². The third-order valence-corrected chi connectivity index (χ3v) is 3.55. The Balaban J connectivity index is 1.64. The Morgan fingerprint density at radius 2 is 1.54 bits per heavy atom. The summed E-state index contributed by atoms with van der Waals surface area (Å²) in [5.41, 5.74) is 2.11. The molecule has 24 heavy (non-hydrogen) atoms. The molecule has 0 heterocycles. The standard InChI is InChI=1S/C19H22N2O3/c1-24-17-9-7-16(8-10-17)14-21-19(23)13-18(22)20-12-11-15-5-3-2-4-6-15/h2-10H,11-14H2,1H3,(H,20,22)(H,21,23). The monoisotopic (exact) mass is 326 g/mol. The Bertz CT molecular complexity index is 654. The van der Waals surface area contributed by atoms with Crippen molar-refractivity contribution in [1.29, 1.82) is 0 Å². The highest BCUT2D eigenvalue weighted by Gasteiger charge is 2.08. The van der Waals surface area contributed by atoms with Gasteiger partial charge < -0.3 is 15.4 Å². The Morgan fingerprint density at radius 1 is 0.875 bits per heavy atom. The average molecular weight is 326 g/mol. The first-order valence-corrected chi connectivity index (χ1v) is 7.87. The Morgan fingerprint density at radius 3 is 2.21 bits per heavy atom. The summed E-state index contributed by atoms with van der Waals surface area (Å²) < 4.78 is 5.08. The van der Waals surface area contributed by atoms with Crippen LogP contribution in [0.1, 0.15) is 17.5 Å². The van der Waals surface area contributed by atoms with Crippen molar-refractivity contribution in [3.8, 4) is 5.75 Å². The van der Waals surface area contributed by atoms with Gasteiger partial charge in [0.1, 0.15) is 12.2 Å². The second kappa shape index (κ2) is 9.35. The van der Waals surface area contributed by atoms with E-state index in [0.29, 0.717) is 13.1 Å². The van der Waals surface area contributed by atoms with Crippen molar-refractivity contribution in [2.24, 2.45) is 0 Å². The predicted octanol–water partition coefficient (Wildman–Crippen LogP) is 2.06. The lowest BCUT2D eigenvalue weighted by Gasteiger charge is -2.07. The second-order valence-electron chi connectivity index (χ2n) is 5.39. The number of methoxy groups -OCH3 is 1. The minimum atomic E-state index is -0.289. The summed E-state index contributed by atoms with van der Waals surface area (Å²) in [5, 5.41) is 5.49. The van der Waals surface area contributed by atoms with Crippen LogP contribution in [-0.2, 0) is 22.6 Å². The summed E-state index contributed by atoms with van der Waals surface area (Å²) in [5.74, 6) is 0.212. The molecule has 2 N–H and O–H groups in total. The first kappa shape index (κ1) is 17.5. The lowest BCUT2D eigenvalue weighted by Crippen LogP contribution is -2.32. The summed E-state index contributed by atoms with van der Waals surface area (Å²) in [6.07, 6.45) is 0.588. The van der Waals surface area contributed by atoms with E-state index in [1.807, 2.05) is 54.6 Å². The van der Waals surface area contributed by atoms with Gasteiger partial charge >= 0.3 is 0 Å². The fraction of sp³-hybridized carbons (Fsp3) is 0.263. The van der Waals surface area contributed by atoms with Crippen molar-refractivity contribution < 1.29 is 14.3 Å². The van der Waals surface area contributed by atoms with Gasteiger partial charge in [-0.05, 0) is 29.7 Å². The zero-order chi connectivity index (χ0) is 17.2. The predicted molar refractivity (Wildman–Crippen MR) is 92.6 cm³/mol. The van der Waals surface area contributed by atoms with Gasteiger partial charge in [-0.25, -0.2) is 0 Å². The molecule has 0 aliphatic heterocycles. The van der Waals surface area contributed by atoms with E-state index in [-0.39, 0.29) is 18.2 Å². The van der Waals surface area contributed by atoms with Crippen molar-refractivity contribution in [3.05, 3.63) is 65.7 Å². The number of rotatable bonds is 8. The van der Waals surface area contributed by atoms with E-state index in [2.05, 4.69) is 10.6 Å². The van der Waals surface area contributed by atoms with E-state index in [0.717, 1.165) is 23.3 Å². The highest BCUT2D eigenvalue weighted by Crippen LogP contribution is 2.10. The van der Waals surface area contributed by atoms with Crippen molar-refractivity contribution >= 4 is 11.8 Å². The van der Waals surface area contributed by atoms with Crippen LogP contribution in [0.3, 0.4) is 0 Å². The SMILES string of the molecule is COc1ccc(CNC(=O)CC(=O)NCCc2ccccc2)cc1. The molecule has 0 saturated heterocycles. The molecule has 0 aromatic heterocycles. The number of carbonyl (C=O) groups excluding carboxylic acids is 2. The van der Waals surface area contributed by atoms with Gasteiger partial charge in [0, 0.05) is 13.1 Å². The molecule has 0 radical (unpaired) electrons. The third kappa shape index (κ3) is 6.12. The lowest BCUT2D eigenvalue weighted by atomic mass is 10.1. The van der Waals surface area contributed by atoms with Crippen LogP contribution in [0.25, 0.3) is 0 Å². The van der Waals surface area contributed by atoms with Crippen LogP contribution >= 0.6 is 0 Å². The molecular formula is C19H22N2O3. The minimum absolute atomic E-state index is 0.162. The second-order valence-corrected chi connectivity index (χ2v) is 5.39. The highest BCUT2D eigenvalue weighted by molar-refractivity contribution is 5.96. The topological polar surface area (TPSA) is 67.4 Å². The van der Waals surface area contributed by atoms with Crippen LogP contribution < -0.4 is 15.4 Å². The molecule has 2 aromatic rings.